The van der Waals surface area contributed by atoms with Crippen molar-refractivity contribution in [2.75, 3.05) is 5.32 Å². The smallest absolute Gasteiger partial charge is 0.379 e. The molecule has 1 aromatic carbocycles. The highest BCUT2D eigenvalue weighted by molar-refractivity contribution is 7.15. The number of halogens is 6. The number of hydrogen-bond acceptors (Lipinski definition) is 3. The molecule has 0 aliphatic rings. The number of benzene rings is 1. The fourth-order valence-electron chi connectivity index (χ4n) is 1.47. The van der Waals surface area contributed by atoms with Gasteiger partial charge >= 0.3 is 6.18 Å². The monoisotopic (exact) mass is 344 g/mol. The van der Waals surface area contributed by atoms with Gasteiger partial charge in [0, 0.05) is 11.1 Å². The molecule has 2 nitrogen and oxygen atoms in total. The molecule has 1 heterocycles. The SMILES string of the molecule is Fc1cc(NCc2cnc(Cl)s2)c(Cl)c(C(F)(F)F)c1. The van der Waals surface area contributed by atoms with Crippen LogP contribution in [0.1, 0.15) is 10.4 Å². The molecule has 0 radical (unpaired) electrons. The lowest BCUT2D eigenvalue weighted by molar-refractivity contribution is -0.137. The van der Waals surface area contributed by atoms with Gasteiger partial charge in [-0.05, 0) is 12.1 Å². The number of nitrogens with zero attached hydrogens (tertiary/aromatic N) is 1. The van der Waals surface area contributed by atoms with E-state index in [4.69, 9.17) is 23.2 Å². The molecular formula is C11H6Cl2F4N2S. The second-order valence-electron chi connectivity index (χ2n) is 3.75. The lowest BCUT2D eigenvalue weighted by Gasteiger charge is -2.13. The van der Waals surface area contributed by atoms with E-state index in [1.54, 1.807) is 0 Å². The van der Waals surface area contributed by atoms with Gasteiger partial charge in [0.1, 0.15) is 5.82 Å². The zero-order valence-corrected chi connectivity index (χ0v) is 11.9. The second-order valence-corrected chi connectivity index (χ2v) is 5.82. The fraction of sp³-hybridized carbons (Fsp3) is 0.182. The average molecular weight is 345 g/mol. The summed E-state index contributed by atoms with van der Waals surface area (Å²) < 4.78 is 51.6. The molecule has 0 spiro atoms. The van der Waals surface area contributed by atoms with Crippen molar-refractivity contribution in [1.29, 1.82) is 0 Å². The van der Waals surface area contributed by atoms with Gasteiger partial charge < -0.3 is 5.32 Å². The summed E-state index contributed by atoms with van der Waals surface area (Å²) in [6.07, 6.45) is -3.25. The maximum absolute atomic E-state index is 13.2. The van der Waals surface area contributed by atoms with Crippen molar-refractivity contribution < 1.29 is 17.6 Å². The summed E-state index contributed by atoms with van der Waals surface area (Å²) in [6.45, 7) is 0.144. The molecule has 108 valence electrons. The van der Waals surface area contributed by atoms with Crippen LogP contribution in [-0.4, -0.2) is 4.98 Å². The maximum atomic E-state index is 13.2. The second kappa shape index (κ2) is 5.75. The van der Waals surface area contributed by atoms with Crippen LogP contribution < -0.4 is 5.32 Å². The van der Waals surface area contributed by atoms with Crippen LogP contribution in [0.15, 0.2) is 18.3 Å². The number of aromatic nitrogens is 1. The van der Waals surface area contributed by atoms with E-state index in [1.807, 2.05) is 0 Å². The Morgan fingerprint density at radius 1 is 1.25 bits per heavy atom. The van der Waals surface area contributed by atoms with Gasteiger partial charge in [0.15, 0.2) is 4.47 Å². The van der Waals surface area contributed by atoms with Gasteiger partial charge in [-0.3, -0.25) is 0 Å². The highest BCUT2D eigenvalue weighted by Gasteiger charge is 2.34. The highest BCUT2D eigenvalue weighted by atomic mass is 35.5. The van der Waals surface area contributed by atoms with Gasteiger partial charge in [-0.25, -0.2) is 9.37 Å². The Balaban J connectivity index is 2.25. The van der Waals surface area contributed by atoms with Crippen LogP contribution in [0.3, 0.4) is 0 Å². The average Bonchev–Trinajstić information content (AvgIpc) is 2.74. The van der Waals surface area contributed by atoms with Crippen LogP contribution in [0.5, 0.6) is 0 Å². The number of anilines is 1. The molecule has 9 heteroatoms. The minimum absolute atomic E-state index is 0.136. The predicted molar refractivity (Wildman–Crippen MR) is 70.9 cm³/mol. The van der Waals surface area contributed by atoms with Crippen molar-refractivity contribution >= 4 is 40.2 Å². The zero-order valence-electron chi connectivity index (χ0n) is 9.56. The van der Waals surface area contributed by atoms with Gasteiger partial charge in [-0.2, -0.15) is 13.2 Å². The van der Waals surface area contributed by atoms with Crippen molar-refractivity contribution in [1.82, 2.24) is 4.98 Å². The van der Waals surface area contributed by atoms with Crippen LogP contribution >= 0.6 is 34.5 Å². The normalized spacial score (nSPS) is 11.7. The molecule has 0 atom stereocenters. The summed E-state index contributed by atoms with van der Waals surface area (Å²) >= 11 is 12.4. The lowest BCUT2D eigenvalue weighted by Crippen LogP contribution is -2.09. The van der Waals surface area contributed by atoms with Gasteiger partial charge in [0.25, 0.3) is 0 Å². The molecule has 2 rings (SSSR count). The first-order valence-corrected chi connectivity index (χ1v) is 6.75. The third-order valence-corrected chi connectivity index (χ3v) is 3.84. The molecule has 0 unspecified atom stereocenters. The Hall–Kier alpha value is -1.05. The van der Waals surface area contributed by atoms with Gasteiger partial charge in [0.05, 0.1) is 22.8 Å². The van der Waals surface area contributed by atoms with Crippen molar-refractivity contribution in [3.8, 4) is 0 Å². The molecule has 0 fully saturated rings. The summed E-state index contributed by atoms with van der Waals surface area (Å²) in [5.74, 6) is -1.02. The Morgan fingerprint density at radius 3 is 2.50 bits per heavy atom. The van der Waals surface area contributed by atoms with E-state index in [9.17, 15) is 17.6 Å². The van der Waals surface area contributed by atoms with E-state index in [0.717, 1.165) is 17.4 Å². The van der Waals surface area contributed by atoms with Crippen LogP contribution in [0.4, 0.5) is 23.2 Å². The van der Waals surface area contributed by atoms with E-state index >= 15 is 0 Å². The Bertz CT molecular complexity index is 627. The van der Waals surface area contributed by atoms with Gasteiger partial charge in [0.2, 0.25) is 0 Å². The van der Waals surface area contributed by atoms with E-state index < -0.39 is 22.6 Å². The number of thiazole rings is 1. The number of hydrogen-bond donors (Lipinski definition) is 1. The maximum Gasteiger partial charge on any atom is 0.418 e. The molecule has 20 heavy (non-hydrogen) atoms. The van der Waals surface area contributed by atoms with Crippen LogP contribution in [0, 0.1) is 5.82 Å². The molecule has 0 amide bonds. The molecule has 0 bridgehead atoms. The molecule has 2 aromatic rings. The molecular weight excluding hydrogens is 339 g/mol. The fourth-order valence-corrected chi connectivity index (χ4v) is 2.67. The Kier molecular flexibility index (Phi) is 4.41. The quantitative estimate of drug-likeness (QED) is 0.772. The van der Waals surface area contributed by atoms with Crippen molar-refractivity contribution in [3.05, 3.63) is 44.1 Å². The van der Waals surface area contributed by atoms with E-state index in [1.165, 1.54) is 6.20 Å². The van der Waals surface area contributed by atoms with Crippen LogP contribution in [0.2, 0.25) is 9.49 Å². The summed E-state index contributed by atoms with van der Waals surface area (Å²) in [7, 11) is 0. The first-order valence-electron chi connectivity index (χ1n) is 5.17. The minimum atomic E-state index is -4.72. The number of nitrogens with one attached hydrogen (secondary N) is 1. The molecule has 0 aliphatic carbocycles. The van der Waals surface area contributed by atoms with Crippen LogP contribution in [-0.2, 0) is 12.7 Å². The number of rotatable bonds is 3. The van der Waals surface area contributed by atoms with E-state index in [0.29, 0.717) is 15.4 Å². The first kappa shape index (κ1) is 15.3. The lowest BCUT2D eigenvalue weighted by atomic mass is 10.2. The summed E-state index contributed by atoms with van der Waals surface area (Å²) in [5.41, 5.74) is -1.35. The molecule has 0 saturated carbocycles. The summed E-state index contributed by atoms with van der Waals surface area (Å²) in [6, 6.07) is 1.26. The summed E-state index contributed by atoms with van der Waals surface area (Å²) in [4.78, 5) is 4.47. The third-order valence-electron chi connectivity index (χ3n) is 2.32. The minimum Gasteiger partial charge on any atom is -0.379 e. The molecule has 1 aromatic heterocycles. The van der Waals surface area contributed by atoms with Crippen LogP contribution in [0.25, 0.3) is 0 Å². The van der Waals surface area contributed by atoms with Crippen molar-refractivity contribution in [2.45, 2.75) is 12.7 Å². The van der Waals surface area contributed by atoms with Gasteiger partial charge in [-0.15, -0.1) is 11.3 Å². The highest BCUT2D eigenvalue weighted by Crippen LogP contribution is 2.39. The Labute approximate surface area is 125 Å². The topological polar surface area (TPSA) is 24.9 Å². The standard InChI is InChI=1S/C11H6Cl2F4N2S/c12-9-7(11(15,16)17)1-5(14)2-8(9)18-3-6-4-19-10(13)20-6/h1-2,4,18H,3H2. The first-order chi connectivity index (χ1) is 9.27. The predicted octanol–water partition coefficient (Wildman–Crippen LogP) is 5.22. The molecule has 0 aliphatic heterocycles. The van der Waals surface area contributed by atoms with E-state index in [-0.39, 0.29) is 12.2 Å². The number of alkyl halides is 3. The van der Waals surface area contributed by atoms with Gasteiger partial charge in [-0.1, -0.05) is 23.2 Å². The summed E-state index contributed by atoms with van der Waals surface area (Å²) in [5, 5.41) is 2.06. The Morgan fingerprint density at radius 2 is 1.95 bits per heavy atom. The molecule has 1 N–H and O–H groups in total. The van der Waals surface area contributed by atoms with Crippen molar-refractivity contribution in [3.63, 3.8) is 0 Å². The van der Waals surface area contributed by atoms with E-state index in [2.05, 4.69) is 10.3 Å². The molecule has 0 saturated heterocycles. The van der Waals surface area contributed by atoms with Crippen molar-refractivity contribution in [2.24, 2.45) is 0 Å². The zero-order chi connectivity index (χ0) is 14.9. The largest absolute Gasteiger partial charge is 0.418 e. The third kappa shape index (κ3) is 3.53.